The second kappa shape index (κ2) is 4.67. The first-order valence-electron chi connectivity index (χ1n) is 7.04. The van der Waals surface area contributed by atoms with Crippen molar-refractivity contribution in [2.24, 2.45) is 5.92 Å². The predicted octanol–water partition coefficient (Wildman–Crippen LogP) is 4.62. The Labute approximate surface area is 122 Å². The molecule has 1 heterocycles. The number of anilines is 2. The van der Waals surface area contributed by atoms with Gasteiger partial charge in [0.1, 0.15) is 0 Å². The maximum atomic E-state index is 12.8. The number of hydrogen-bond donors (Lipinski definition) is 0. The normalized spacial score (nSPS) is 17.1. The van der Waals surface area contributed by atoms with Gasteiger partial charge < -0.3 is 0 Å². The number of para-hydroxylation sites is 2. The summed E-state index contributed by atoms with van der Waals surface area (Å²) < 4.78 is 0. The Morgan fingerprint density at radius 2 is 1.50 bits per heavy atom. The zero-order valence-electron chi connectivity index (χ0n) is 11.1. The van der Waals surface area contributed by atoms with Gasteiger partial charge in [-0.25, -0.2) is 0 Å². The molecule has 0 atom stereocenters. The van der Waals surface area contributed by atoms with Gasteiger partial charge in [0.2, 0.25) is 5.91 Å². The number of nitrogens with zero attached hydrogens (tertiary/aromatic N) is 1. The Hall–Kier alpha value is -1.74. The molecule has 4 rings (SSSR count). The summed E-state index contributed by atoms with van der Waals surface area (Å²) in [5.74, 6) is 0.468. The molecule has 20 heavy (non-hydrogen) atoms. The molecule has 1 amide bonds. The zero-order chi connectivity index (χ0) is 13.5. The molecule has 1 aliphatic carbocycles. The molecule has 0 radical (unpaired) electrons. The van der Waals surface area contributed by atoms with Crippen LogP contribution in [0.2, 0.25) is 0 Å². The quantitative estimate of drug-likeness (QED) is 0.760. The summed E-state index contributed by atoms with van der Waals surface area (Å²) in [6.45, 7) is 0. The third kappa shape index (κ3) is 1.77. The van der Waals surface area contributed by atoms with E-state index in [1.54, 1.807) is 11.8 Å². The Bertz CT molecular complexity index is 633. The molecule has 100 valence electrons. The summed E-state index contributed by atoms with van der Waals surface area (Å²) in [6.07, 6.45) is 3.25. The van der Waals surface area contributed by atoms with Crippen LogP contribution in [0, 0.1) is 5.92 Å². The van der Waals surface area contributed by atoms with E-state index < -0.39 is 0 Å². The van der Waals surface area contributed by atoms with Crippen molar-refractivity contribution in [1.29, 1.82) is 0 Å². The van der Waals surface area contributed by atoms with E-state index in [4.69, 9.17) is 0 Å². The molecule has 3 heteroatoms. The van der Waals surface area contributed by atoms with Crippen LogP contribution < -0.4 is 4.90 Å². The van der Waals surface area contributed by atoms with E-state index in [-0.39, 0.29) is 11.8 Å². The van der Waals surface area contributed by atoms with E-state index in [1.165, 1.54) is 16.2 Å². The van der Waals surface area contributed by atoms with Crippen LogP contribution in [-0.4, -0.2) is 5.91 Å². The maximum Gasteiger partial charge on any atom is 0.234 e. The van der Waals surface area contributed by atoms with Crippen LogP contribution in [0.5, 0.6) is 0 Å². The number of rotatable bonds is 1. The molecule has 1 aliphatic heterocycles. The smallest absolute Gasteiger partial charge is 0.234 e. The molecule has 0 N–H and O–H groups in total. The molecule has 2 aromatic rings. The zero-order valence-corrected chi connectivity index (χ0v) is 11.9. The van der Waals surface area contributed by atoms with E-state index in [0.29, 0.717) is 0 Å². The maximum absolute atomic E-state index is 12.8. The first-order chi connectivity index (χ1) is 9.84. The van der Waals surface area contributed by atoms with Crippen molar-refractivity contribution in [3.8, 4) is 0 Å². The van der Waals surface area contributed by atoms with Crippen LogP contribution in [0.4, 0.5) is 11.4 Å². The summed E-state index contributed by atoms with van der Waals surface area (Å²) in [5.41, 5.74) is 2.07. The van der Waals surface area contributed by atoms with Gasteiger partial charge in [-0.05, 0) is 37.1 Å². The van der Waals surface area contributed by atoms with E-state index >= 15 is 0 Å². The standard InChI is InChI=1S/C17H15NOS/c19-17(12-6-5-7-12)18-13-8-1-3-10-15(13)20-16-11-4-2-9-14(16)18/h1-4,8-12H,5-7H2. The number of fused-ring (bicyclic) bond motifs is 2. The average Bonchev–Trinajstić information content (AvgIpc) is 2.42. The van der Waals surface area contributed by atoms with Crippen molar-refractivity contribution in [1.82, 2.24) is 0 Å². The highest BCUT2D eigenvalue weighted by Gasteiger charge is 2.34. The number of amides is 1. The van der Waals surface area contributed by atoms with Crippen LogP contribution >= 0.6 is 11.8 Å². The average molecular weight is 281 g/mol. The second-order valence-corrected chi connectivity index (χ2v) is 6.42. The molecule has 2 aliphatic rings. The predicted molar refractivity (Wildman–Crippen MR) is 81.5 cm³/mol. The van der Waals surface area contributed by atoms with Gasteiger partial charge in [-0.1, -0.05) is 42.4 Å². The molecular weight excluding hydrogens is 266 g/mol. The first-order valence-corrected chi connectivity index (χ1v) is 7.86. The molecular formula is C17H15NOS. The minimum absolute atomic E-state index is 0.208. The Morgan fingerprint density at radius 1 is 0.950 bits per heavy atom. The van der Waals surface area contributed by atoms with Crippen molar-refractivity contribution < 1.29 is 4.79 Å². The minimum Gasteiger partial charge on any atom is -0.279 e. The fourth-order valence-corrected chi connectivity index (χ4v) is 3.84. The summed E-state index contributed by atoms with van der Waals surface area (Å²) in [6, 6.07) is 16.4. The third-order valence-electron chi connectivity index (χ3n) is 4.11. The van der Waals surface area contributed by atoms with Gasteiger partial charge in [0.25, 0.3) is 0 Å². The van der Waals surface area contributed by atoms with E-state index in [0.717, 1.165) is 24.2 Å². The Morgan fingerprint density at radius 3 is 2.00 bits per heavy atom. The van der Waals surface area contributed by atoms with E-state index in [2.05, 4.69) is 24.3 Å². The molecule has 1 fully saturated rings. The first kappa shape index (κ1) is 12.0. The topological polar surface area (TPSA) is 20.3 Å². The van der Waals surface area contributed by atoms with Crippen molar-refractivity contribution in [2.45, 2.75) is 29.1 Å². The highest BCUT2D eigenvalue weighted by Crippen LogP contribution is 2.49. The largest absolute Gasteiger partial charge is 0.279 e. The molecule has 0 aromatic heterocycles. The van der Waals surface area contributed by atoms with Crippen molar-refractivity contribution in [3.63, 3.8) is 0 Å². The lowest BCUT2D eigenvalue weighted by molar-refractivity contribution is -0.124. The van der Waals surface area contributed by atoms with Gasteiger partial charge in [0.05, 0.1) is 11.4 Å². The summed E-state index contributed by atoms with van der Waals surface area (Å²) in [7, 11) is 0. The molecule has 2 aromatic carbocycles. The fourth-order valence-electron chi connectivity index (χ4n) is 2.78. The highest BCUT2D eigenvalue weighted by atomic mass is 32.2. The number of benzene rings is 2. The van der Waals surface area contributed by atoms with Gasteiger partial charge in [-0.2, -0.15) is 0 Å². The number of carbonyl (C=O) groups excluding carboxylic acids is 1. The van der Waals surface area contributed by atoms with Gasteiger partial charge in [-0.3, -0.25) is 9.69 Å². The molecule has 0 spiro atoms. The molecule has 1 saturated carbocycles. The van der Waals surface area contributed by atoms with Crippen LogP contribution in [0.1, 0.15) is 19.3 Å². The highest BCUT2D eigenvalue weighted by molar-refractivity contribution is 7.99. The monoisotopic (exact) mass is 281 g/mol. The second-order valence-electron chi connectivity index (χ2n) is 5.34. The molecule has 2 nitrogen and oxygen atoms in total. The van der Waals surface area contributed by atoms with Crippen molar-refractivity contribution >= 4 is 29.0 Å². The van der Waals surface area contributed by atoms with Gasteiger partial charge >= 0.3 is 0 Å². The molecule has 0 unspecified atom stereocenters. The molecule has 0 bridgehead atoms. The third-order valence-corrected chi connectivity index (χ3v) is 5.24. The molecule has 0 saturated heterocycles. The summed E-state index contributed by atoms with van der Waals surface area (Å²) in [5, 5.41) is 0. The minimum atomic E-state index is 0.208. The van der Waals surface area contributed by atoms with Gasteiger partial charge in [0.15, 0.2) is 0 Å². The lowest BCUT2D eigenvalue weighted by atomic mass is 9.84. The van der Waals surface area contributed by atoms with Crippen LogP contribution in [-0.2, 0) is 4.79 Å². The number of carbonyl (C=O) groups is 1. The summed E-state index contributed by atoms with van der Waals surface area (Å²) >= 11 is 1.75. The SMILES string of the molecule is O=C(C1CCC1)N1c2ccccc2Sc2ccccc21. The summed E-state index contributed by atoms with van der Waals surface area (Å²) in [4.78, 5) is 17.1. The van der Waals surface area contributed by atoms with Crippen LogP contribution in [0.15, 0.2) is 58.3 Å². The lowest BCUT2D eigenvalue weighted by Crippen LogP contribution is -2.37. The van der Waals surface area contributed by atoms with Crippen molar-refractivity contribution in [2.75, 3.05) is 4.90 Å². The fraction of sp³-hybridized carbons (Fsp3) is 0.235. The van der Waals surface area contributed by atoms with E-state index in [1.807, 2.05) is 29.2 Å². The lowest BCUT2D eigenvalue weighted by Gasteiger charge is -2.36. The van der Waals surface area contributed by atoms with E-state index in [9.17, 15) is 4.79 Å². The Kier molecular flexibility index (Phi) is 2.81. The number of hydrogen-bond acceptors (Lipinski definition) is 2. The Balaban J connectivity index is 1.85. The van der Waals surface area contributed by atoms with Gasteiger partial charge in [0, 0.05) is 15.7 Å². The van der Waals surface area contributed by atoms with Crippen molar-refractivity contribution in [3.05, 3.63) is 48.5 Å². The van der Waals surface area contributed by atoms with Crippen LogP contribution in [0.25, 0.3) is 0 Å². The van der Waals surface area contributed by atoms with Crippen LogP contribution in [0.3, 0.4) is 0 Å². The van der Waals surface area contributed by atoms with Gasteiger partial charge in [-0.15, -0.1) is 0 Å².